The molecule has 0 aliphatic carbocycles. The van der Waals surface area contributed by atoms with E-state index in [0.717, 1.165) is 0 Å². The highest BCUT2D eigenvalue weighted by atomic mass is 16.6. The lowest BCUT2D eigenvalue weighted by atomic mass is 9.88. The van der Waals surface area contributed by atoms with Crippen molar-refractivity contribution in [3.8, 4) is 11.5 Å². The van der Waals surface area contributed by atoms with Crippen molar-refractivity contribution in [3.63, 3.8) is 0 Å². The summed E-state index contributed by atoms with van der Waals surface area (Å²) < 4.78 is 16.0. The van der Waals surface area contributed by atoms with Gasteiger partial charge in [-0.25, -0.2) is 4.79 Å². The van der Waals surface area contributed by atoms with Gasteiger partial charge in [0.25, 0.3) is 0 Å². The first kappa shape index (κ1) is 22.8. The first-order chi connectivity index (χ1) is 12.8. The van der Waals surface area contributed by atoms with Gasteiger partial charge in [0.1, 0.15) is 5.60 Å². The molecule has 0 unspecified atom stereocenters. The predicted octanol–water partition coefficient (Wildman–Crippen LogP) is 4.56. The predicted molar refractivity (Wildman–Crippen MR) is 106 cm³/mol. The SMILES string of the molecule is CC.COc1cccc(C(=O)C2CCN(C(=O)OC(C)(C)C)CC2)c1OC. The molecule has 6 nitrogen and oxygen atoms in total. The molecule has 0 spiro atoms. The molecule has 0 bridgehead atoms. The van der Waals surface area contributed by atoms with E-state index < -0.39 is 5.60 Å². The normalized spacial score (nSPS) is 14.7. The fraction of sp³-hybridized carbons (Fsp3) is 0.619. The van der Waals surface area contributed by atoms with Gasteiger partial charge in [0.15, 0.2) is 17.3 Å². The van der Waals surface area contributed by atoms with Crippen LogP contribution in [0.2, 0.25) is 0 Å². The number of ketones is 1. The van der Waals surface area contributed by atoms with Crippen molar-refractivity contribution in [1.82, 2.24) is 4.90 Å². The number of para-hydroxylation sites is 1. The molecule has 1 heterocycles. The molecule has 1 aromatic rings. The van der Waals surface area contributed by atoms with Crippen LogP contribution in [0.25, 0.3) is 0 Å². The lowest BCUT2D eigenvalue weighted by Crippen LogP contribution is -2.43. The zero-order chi connectivity index (χ0) is 20.6. The Bertz CT molecular complexity index is 628. The molecule has 1 amide bonds. The van der Waals surface area contributed by atoms with Crippen LogP contribution in [0.5, 0.6) is 11.5 Å². The Morgan fingerprint density at radius 3 is 2.11 bits per heavy atom. The highest BCUT2D eigenvalue weighted by Gasteiger charge is 2.31. The van der Waals surface area contributed by atoms with Crippen molar-refractivity contribution < 1.29 is 23.8 Å². The van der Waals surface area contributed by atoms with Gasteiger partial charge < -0.3 is 19.1 Å². The van der Waals surface area contributed by atoms with E-state index in [1.165, 1.54) is 7.11 Å². The van der Waals surface area contributed by atoms with Crippen LogP contribution in [0.4, 0.5) is 4.79 Å². The summed E-state index contributed by atoms with van der Waals surface area (Å²) in [6.07, 6.45) is 0.897. The molecule has 0 radical (unpaired) electrons. The van der Waals surface area contributed by atoms with Crippen molar-refractivity contribution in [2.75, 3.05) is 27.3 Å². The highest BCUT2D eigenvalue weighted by molar-refractivity contribution is 6.01. The molecule has 0 aromatic heterocycles. The third-order valence-corrected chi connectivity index (χ3v) is 4.19. The molecule has 0 atom stereocenters. The van der Waals surface area contributed by atoms with Gasteiger partial charge in [-0.15, -0.1) is 0 Å². The van der Waals surface area contributed by atoms with Crippen LogP contribution in [0.3, 0.4) is 0 Å². The van der Waals surface area contributed by atoms with Gasteiger partial charge in [0.2, 0.25) is 0 Å². The van der Waals surface area contributed by atoms with Crippen molar-refractivity contribution in [1.29, 1.82) is 0 Å². The number of methoxy groups -OCH3 is 2. The van der Waals surface area contributed by atoms with Gasteiger partial charge in [-0.05, 0) is 45.7 Å². The van der Waals surface area contributed by atoms with Gasteiger partial charge >= 0.3 is 6.09 Å². The molecule has 0 N–H and O–H groups in total. The van der Waals surface area contributed by atoms with Gasteiger partial charge in [0.05, 0.1) is 19.8 Å². The molecule has 1 aromatic carbocycles. The zero-order valence-corrected chi connectivity index (χ0v) is 17.6. The average Bonchev–Trinajstić information content (AvgIpc) is 2.67. The number of benzene rings is 1. The van der Waals surface area contributed by atoms with E-state index in [0.29, 0.717) is 43.0 Å². The van der Waals surface area contributed by atoms with Gasteiger partial charge in [-0.3, -0.25) is 4.79 Å². The van der Waals surface area contributed by atoms with Crippen LogP contribution in [0.15, 0.2) is 18.2 Å². The molecule has 6 heteroatoms. The molecule has 1 fully saturated rings. The minimum Gasteiger partial charge on any atom is -0.493 e. The summed E-state index contributed by atoms with van der Waals surface area (Å²) in [6, 6.07) is 5.30. The van der Waals surface area contributed by atoms with Crippen LogP contribution < -0.4 is 9.47 Å². The Morgan fingerprint density at radius 2 is 1.63 bits per heavy atom. The minimum absolute atomic E-state index is 0.0274. The fourth-order valence-electron chi connectivity index (χ4n) is 2.95. The maximum atomic E-state index is 12.9. The number of carbonyl (C=O) groups is 2. The molecular formula is C21H33NO5. The van der Waals surface area contributed by atoms with E-state index in [1.807, 2.05) is 34.6 Å². The Labute approximate surface area is 162 Å². The molecule has 27 heavy (non-hydrogen) atoms. The molecule has 1 saturated heterocycles. The molecule has 152 valence electrons. The largest absolute Gasteiger partial charge is 0.493 e. The number of carbonyl (C=O) groups excluding carboxylic acids is 2. The smallest absolute Gasteiger partial charge is 0.410 e. The first-order valence-electron chi connectivity index (χ1n) is 9.50. The van der Waals surface area contributed by atoms with Crippen LogP contribution in [0.1, 0.15) is 57.8 Å². The standard InChI is InChI=1S/C19H27NO5.C2H6/c1-19(2,3)25-18(22)20-11-9-13(10-12-20)16(21)14-7-6-8-15(23-4)17(14)24-5;1-2/h6-8,13H,9-12H2,1-5H3;1-2H3. The first-order valence-corrected chi connectivity index (χ1v) is 9.50. The number of ether oxygens (including phenoxy) is 3. The zero-order valence-electron chi connectivity index (χ0n) is 17.6. The maximum Gasteiger partial charge on any atom is 0.410 e. The Hall–Kier alpha value is -2.24. The summed E-state index contributed by atoms with van der Waals surface area (Å²) in [7, 11) is 3.07. The number of rotatable bonds is 4. The monoisotopic (exact) mass is 379 g/mol. The quantitative estimate of drug-likeness (QED) is 0.718. The third kappa shape index (κ3) is 6.15. The van der Waals surface area contributed by atoms with Gasteiger partial charge in [0, 0.05) is 19.0 Å². The van der Waals surface area contributed by atoms with Gasteiger partial charge in [-0.2, -0.15) is 0 Å². The maximum absolute atomic E-state index is 12.9. The Kier molecular flexibility index (Phi) is 8.60. The van der Waals surface area contributed by atoms with Crippen LogP contribution in [0, 0.1) is 5.92 Å². The Balaban J connectivity index is 0.00000176. The van der Waals surface area contributed by atoms with E-state index in [4.69, 9.17) is 14.2 Å². The Morgan fingerprint density at radius 1 is 1.04 bits per heavy atom. The number of hydrogen-bond acceptors (Lipinski definition) is 5. The van der Waals surface area contributed by atoms with E-state index in [2.05, 4.69) is 0 Å². The summed E-state index contributed by atoms with van der Waals surface area (Å²) in [5, 5.41) is 0. The van der Waals surface area contributed by atoms with Crippen molar-refractivity contribution in [2.45, 2.75) is 53.1 Å². The summed E-state index contributed by atoms with van der Waals surface area (Å²) >= 11 is 0. The van der Waals surface area contributed by atoms with Crippen molar-refractivity contribution >= 4 is 11.9 Å². The number of piperidine rings is 1. The molecule has 2 rings (SSSR count). The second kappa shape index (κ2) is 10.2. The summed E-state index contributed by atoms with van der Waals surface area (Å²) in [5.74, 6) is 0.892. The second-order valence-corrected chi connectivity index (χ2v) is 7.15. The highest BCUT2D eigenvalue weighted by Crippen LogP contribution is 2.34. The molecule has 1 aliphatic heterocycles. The number of likely N-dealkylation sites (tertiary alicyclic amines) is 1. The van der Waals surface area contributed by atoms with E-state index >= 15 is 0 Å². The van der Waals surface area contributed by atoms with Crippen molar-refractivity contribution in [2.24, 2.45) is 5.92 Å². The lowest BCUT2D eigenvalue weighted by molar-refractivity contribution is 0.0182. The van der Waals surface area contributed by atoms with Crippen LogP contribution in [-0.4, -0.2) is 49.7 Å². The number of hydrogen-bond donors (Lipinski definition) is 0. The number of amides is 1. The van der Waals surface area contributed by atoms with Gasteiger partial charge in [-0.1, -0.05) is 19.9 Å². The molecule has 1 aliphatic rings. The van der Waals surface area contributed by atoms with Crippen molar-refractivity contribution in [3.05, 3.63) is 23.8 Å². The summed E-state index contributed by atoms with van der Waals surface area (Å²) in [5.41, 5.74) is 0.00936. The minimum atomic E-state index is -0.516. The third-order valence-electron chi connectivity index (χ3n) is 4.19. The summed E-state index contributed by atoms with van der Waals surface area (Å²) in [6.45, 7) is 10.6. The average molecular weight is 379 g/mol. The number of Topliss-reactive ketones (excluding diaryl/α,β-unsaturated/α-hetero) is 1. The summed E-state index contributed by atoms with van der Waals surface area (Å²) in [4.78, 5) is 26.7. The van der Waals surface area contributed by atoms with Crippen LogP contribution in [-0.2, 0) is 4.74 Å². The second-order valence-electron chi connectivity index (χ2n) is 7.15. The van der Waals surface area contributed by atoms with E-state index in [1.54, 1.807) is 30.2 Å². The number of nitrogens with zero attached hydrogens (tertiary/aromatic N) is 1. The molecular weight excluding hydrogens is 346 g/mol. The fourth-order valence-corrected chi connectivity index (χ4v) is 2.95. The van der Waals surface area contributed by atoms with E-state index in [-0.39, 0.29) is 17.8 Å². The van der Waals surface area contributed by atoms with Crippen LogP contribution >= 0.6 is 0 Å². The topological polar surface area (TPSA) is 65.1 Å². The lowest BCUT2D eigenvalue weighted by Gasteiger charge is -2.33. The molecule has 0 saturated carbocycles. The van der Waals surface area contributed by atoms with E-state index in [9.17, 15) is 9.59 Å².